The van der Waals surface area contributed by atoms with Gasteiger partial charge in [-0.3, -0.25) is 4.90 Å². The first-order valence-corrected chi connectivity index (χ1v) is 8.27. The summed E-state index contributed by atoms with van der Waals surface area (Å²) in [4.78, 5) is 1.99. The summed E-state index contributed by atoms with van der Waals surface area (Å²) in [6.45, 7) is -0.661. The first-order valence-electron chi connectivity index (χ1n) is 7.86. The van der Waals surface area contributed by atoms with E-state index in [0.717, 1.165) is 5.56 Å². The van der Waals surface area contributed by atoms with E-state index in [1.807, 2.05) is 16.5 Å². The predicted molar refractivity (Wildman–Crippen MR) is 94.0 cm³/mol. The Bertz CT molecular complexity index is 766. The number of hydrogen-bond donors (Lipinski definition) is 0. The zero-order valence-electron chi connectivity index (χ0n) is 14.9. The Labute approximate surface area is 155 Å². The fourth-order valence-corrected chi connectivity index (χ4v) is 2.65. The molecule has 0 aliphatic carbocycles. The Morgan fingerprint density at radius 3 is 2.69 bits per heavy atom. The molecule has 0 N–H and O–H groups in total. The van der Waals surface area contributed by atoms with E-state index in [0.29, 0.717) is 31.1 Å². The normalized spacial score (nSPS) is 11.3. The van der Waals surface area contributed by atoms with Crippen LogP contribution in [0.4, 0.5) is 8.78 Å². The minimum atomic E-state index is -2.90. The highest BCUT2D eigenvalue weighted by molar-refractivity contribution is 7.71. The highest BCUT2D eigenvalue weighted by Crippen LogP contribution is 2.29. The maximum atomic E-state index is 12.4. The maximum absolute atomic E-state index is 12.4. The average Bonchev–Trinajstić information content (AvgIpc) is 2.93. The largest absolute Gasteiger partial charge is 0.493 e. The van der Waals surface area contributed by atoms with Gasteiger partial charge in [0.15, 0.2) is 16.3 Å². The first-order chi connectivity index (χ1) is 12.4. The van der Waals surface area contributed by atoms with Crippen LogP contribution in [-0.4, -0.2) is 53.7 Å². The van der Waals surface area contributed by atoms with E-state index in [-0.39, 0.29) is 11.5 Å². The Morgan fingerprint density at radius 1 is 1.27 bits per heavy atom. The van der Waals surface area contributed by atoms with Crippen molar-refractivity contribution in [2.24, 2.45) is 0 Å². The second-order valence-corrected chi connectivity index (χ2v) is 5.98. The van der Waals surface area contributed by atoms with Gasteiger partial charge in [0.25, 0.3) is 0 Å². The third kappa shape index (κ3) is 5.48. The number of alkyl halides is 2. The summed E-state index contributed by atoms with van der Waals surface area (Å²) < 4.78 is 43.5. The van der Waals surface area contributed by atoms with E-state index in [1.54, 1.807) is 30.3 Å². The van der Waals surface area contributed by atoms with Crippen molar-refractivity contribution in [1.82, 2.24) is 19.2 Å². The van der Waals surface area contributed by atoms with Gasteiger partial charge in [-0.15, -0.1) is 0 Å². The van der Waals surface area contributed by atoms with Crippen LogP contribution >= 0.6 is 12.2 Å². The molecule has 10 heteroatoms. The van der Waals surface area contributed by atoms with E-state index >= 15 is 0 Å². The SMILES string of the molecule is COCCn1cnn(CN(C)Cc2ccc(OC(F)F)c(OC)c2)c1=S. The zero-order valence-corrected chi connectivity index (χ0v) is 15.7. The van der Waals surface area contributed by atoms with Gasteiger partial charge >= 0.3 is 6.61 Å². The van der Waals surface area contributed by atoms with E-state index in [9.17, 15) is 8.78 Å². The number of ether oxygens (including phenoxy) is 3. The molecule has 0 spiro atoms. The molecule has 0 amide bonds. The van der Waals surface area contributed by atoms with Crippen molar-refractivity contribution in [1.29, 1.82) is 0 Å². The molecule has 0 saturated carbocycles. The van der Waals surface area contributed by atoms with Gasteiger partial charge in [-0.1, -0.05) is 6.07 Å². The molecule has 2 aromatic rings. The number of aromatic nitrogens is 3. The van der Waals surface area contributed by atoms with Crippen LogP contribution in [0.3, 0.4) is 0 Å². The quantitative estimate of drug-likeness (QED) is 0.584. The van der Waals surface area contributed by atoms with Crippen LogP contribution in [0.25, 0.3) is 0 Å². The van der Waals surface area contributed by atoms with Crippen molar-refractivity contribution < 1.29 is 23.0 Å². The number of rotatable bonds is 10. The molecule has 0 bridgehead atoms. The molecule has 0 radical (unpaired) electrons. The monoisotopic (exact) mass is 388 g/mol. The second kappa shape index (κ2) is 9.60. The average molecular weight is 388 g/mol. The van der Waals surface area contributed by atoms with Crippen molar-refractivity contribution in [3.63, 3.8) is 0 Å². The van der Waals surface area contributed by atoms with Crippen LogP contribution in [0.15, 0.2) is 24.5 Å². The van der Waals surface area contributed by atoms with Gasteiger partial charge in [0.05, 0.1) is 20.4 Å². The Balaban J connectivity index is 2.02. The summed E-state index contributed by atoms with van der Waals surface area (Å²) in [5, 5.41) is 4.28. The summed E-state index contributed by atoms with van der Waals surface area (Å²) in [6.07, 6.45) is 1.68. The molecule has 144 valence electrons. The van der Waals surface area contributed by atoms with Gasteiger partial charge in [0, 0.05) is 20.2 Å². The molecule has 1 aromatic heterocycles. The fraction of sp³-hybridized carbons (Fsp3) is 0.500. The van der Waals surface area contributed by atoms with Crippen molar-refractivity contribution >= 4 is 12.2 Å². The van der Waals surface area contributed by atoms with Crippen LogP contribution < -0.4 is 9.47 Å². The molecule has 0 atom stereocenters. The van der Waals surface area contributed by atoms with Gasteiger partial charge in [-0.05, 0) is 37.0 Å². The summed E-state index contributed by atoms with van der Waals surface area (Å²) in [6, 6.07) is 4.86. The number of halogens is 2. The van der Waals surface area contributed by atoms with Crippen LogP contribution in [-0.2, 0) is 24.5 Å². The van der Waals surface area contributed by atoms with E-state index < -0.39 is 6.61 Å². The fourth-order valence-electron chi connectivity index (χ4n) is 2.41. The maximum Gasteiger partial charge on any atom is 0.387 e. The van der Waals surface area contributed by atoms with Crippen molar-refractivity contribution in [3.05, 3.63) is 34.9 Å². The molecule has 1 heterocycles. The second-order valence-electron chi connectivity index (χ2n) is 5.62. The van der Waals surface area contributed by atoms with Crippen molar-refractivity contribution in [3.8, 4) is 11.5 Å². The molecular weight excluding hydrogens is 366 g/mol. The highest BCUT2D eigenvalue weighted by atomic mass is 32.1. The molecule has 0 saturated heterocycles. The summed E-state index contributed by atoms with van der Waals surface area (Å²) in [7, 11) is 4.95. The number of methoxy groups -OCH3 is 2. The van der Waals surface area contributed by atoms with E-state index in [1.165, 1.54) is 13.2 Å². The molecule has 7 nitrogen and oxygen atoms in total. The number of nitrogens with zero attached hydrogens (tertiary/aromatic N) is 4. The van der Waals surface area contributed by atoms with Gasteiger partial charge < -0.3 is 18.8 Å². The lowest BCUT2D eigenvalue weighted by Crippen LogP contribution is -2.22. The van der Waals surface area contributed by atoms with Crippen molar-refractivity contribution in [2.75, 3.05) is 27.9 Å². The molecule has 26 heavy (non-hydrogen) atoms. The minimum Gasteiger partial charge on any atom is -0.493 e. The van der Waals surface area contributed by atoms with Crippen LogP contribution in [0.1, 0.15) is 5.56 Å². The van der Waals surface area contributed by atoms with Gasteiger partial charge in [-0.25, -0.2) is 4.68 Å². The van der Waals surface area contributed by atoms with E-state index in [2.05, 4.69) is 9.84 Å². The Morgan fingerprint density at radius 2 is 2.04 bits per heavy atom. The number of hydrogen-bond acceptors (Lipinski definition) is 6. The Hall–Kier alpha value is -2.04. The molecule has 0 fully saturated rings. The molecule has 0 aliphatic rings. The zero-order chi connectivity index (χ0) is 19.1. The molecule has 0 unspecified atom stereocenters. The molecule has 1 aromatic carbocycles. The summed E-state index contributed by atoms with van der Waals surface area (Å²) >= 11 is 5.39. The van der Waals surface area contributed by atoms with Gasteiger partial charge in [0.2, 0.25) is 0 Å². The standard InChI is InChI=1S/C16H22F2N4O3S/c1-20(11-22-16(26)21(10-19-22)6-7-23-2)9-12-4-5-13(25-15(17)18)14(8-12)24-3/h4-5,8,10,15H,6-7,9,11H2,1-3H3. The molecule has 0 aliphatic heterocycles. The lowest BCUT2D eigenvalue weighted by atomic mass is 10.2. The van der Waals surface area contributed by atoms with Gasteiger partial charge in [-0.2, -0.15) is 13.9 Å². The van der Waals surface area contributed by atoms with Crippen LogP contribution in [0.2, 0.25) is 0 Å². The topological polar surface area (TPSA) is 53.7 Å². The summed E-state index contributed by atoms with van der Waals surface area (Å²) in [5.74, 6) is 0.268. The molecular formula is C16H22F2N4O3S. The summed E-state index contributed by atoms with van der Waals surface area (Å²) in [5.41, 5.74) is 0.885. The molecule has 2 rings (SSSR count). The predicted octanol–water partition coefficient (Wildman–Crippen LogP) is 2.76. The lowest BCUT2D eigenvalue weighted by molar-refractivity contribution is -0.0512. The Kier molecular flexibility index (Phi) is 7.49. The van der Waals surface area contributed by atoms with E-state index in [4.69, 9.17) is 21.7 Å². The van der Waals surface area contributed by atoms with Crippen LogP contribution in [0.5, 0.6) is 11.5 Å². The third-order valence-corrected chi connectivity index (χ3v) is 4.05. The third-order valence-electron chi connectivity index (χ3n) is 3.61. The highest BCUT2D eigenvalue weighted by Gasteiger charge is 2.12. The van der Waals surface area contributed by atoms with Crippen molar-refractivity contribution in [2.45, 2.75) is 26.4 Å². The number of benzene rings is 1. The first kappa shape index (κ1) is 20.3. The van der Waals surface area contributed by atoms with Gasteiger partial charge in [0.1, 0.15) is 6.33 Å². The lowest BCUT2D eigenvalue weighted by Gasteiger charge is -2.18. The smallest absolute Gasteiger partial charge is 0.387 e. The minimum absolute atomic E-state index is 0.00742. The van der Waals surface area contributed by atoms with Crippen LogP contribution in [0, 0.1) is 4.77 Å².